The minimum Gasteiger partial charge on any atom is -0.384 e. The van der Waals surface area contributed by atoms with E-state index in [0.29, 0.717) is 11.6 Å². The maximum Gasteiger partial charge on any atom is 0.101 e. The van der Waals surface area contributed by atoms with Gasteiger partial charge in [-0.25, -0.2) is 0 Å². The summed E-state index contributed by atoms with van der Waals surface area (Å²) >= 11 is 3.37. The number of hydrogen-bond donors (Lipinski definition) is 2. The van der Waals surface area contributed by atoms with Crippen LogP contribution in [0.5, 0.6) is 0 Å². The third-order valence-corrected chi connectivity index (χ3v) is 3.57. The number of halogens is 1. The normalized spacial score (nSPS) is 18.9. The molecule has 90 valence electrons. The van der Waals surface area contributed by atoms with Crippen LogP contribution in [0.25, 0.3) is 0 Å². The van der Waals surface area contributed by atoms with E-state index in [4.69, 9.17) is 5.26 Å². The van der Waals surface area contributed by atoms with Gasteiger partial charge in [0.05, 0.1) is 11.3 Å². The summed E-state index contributed by atoms with van der Waals surface area (Å²) in [5.74, 6) is 0. The fourth-order valence-corrected chi connectivity index (χ4v) is 2.51. The van der Waals surface area contributed by atoms with Crippen molar-refractivity contribution in [3.63, 3.8) is 0 Å². The first kappa shape index (κ1) is 12.4. The van der Waals surface area contributed by atoms with Crippen LogP contribution < -0.4 is 10.6 Å². The van der Waals surface area contributed by atoms with Crippen LogP contribution in [0.3, 0.4) is 0 Å². The Labute approximate surface area is 110 Å². The minimum absolute atomic E-state index is 0.642. The van der Waals surface area contributed by atoms with E-state index in [1.54, 1.807) is 0 Å². The first-order valence-electron chi connectivity index (χ1n) is 5.96. The molecule has 2 N–H and O–H groups in total. The maximum absolute atomic E-state index is 9.03. The number of nitrogens with zero attached hydrogens (tertiary/aromatic N) is 1. The second kappa shape index (κ2) is 6.04. The van der Waals surface area contributed by atoms with Gasteiger partial charge >= 0.3 is 0 Å². The summed E-state index contributed by atoms with van der Waals surface area (Å²) in [6.07, 6.45) is 3.67. The van der Waals surface area contributed by atoms with E-state index in [0.717, 1.165) is 29.7 Å². The van der Waals surface area contributed by atoms with Crippen molar-refractivity contribution >= 4 is 21.6 Å². The average molecular weight is 294 g/mol. The average Bonchev–Trinajstić information content (AvgIpc) is 2.84. The van der Waals surface area contributed by atoms with Crippen LogP contribution >= 0.6 is 15.9 Å². The Morgan fingerprint density at radius 1 is 1.53 bits per heavy atom. The third-order valence-electron chi connectivity index (χ3n) is 3.07. The molecule has 3 nitrogen and oxygen atoms in total. The minimum atomic E-state index is 0.642. The van der Waals surface area contributed by atoms with Gasteiger partial charge in [-0.05, 0) is 44.0 Å². The van der Waals surface area contributed by atoms with Gasteiger partial charge in [0.1, 0.15) is 6.07 Å². The molecule has 0 spiro atoms. The number of nitrogens with one attached hydrogen (secondary N) is 2. The predicted molar refractivity (Wildman–Crippen MR) is 73.0 cm³/mol. The monoisotopic (exact) mass is 293 g/mol. The zero-order valence-corrected chi connectivity index (χ0v) is 11.3. The molecule has 1 aromatic carbocycles. The Hall–Kier alpha value is -1.05. The van der Waals surface area contributed by atoms with Crippen molar-refractivity contribution in [1.29, 1.82) is 5.26 Å². The van der Waals surface area contributed by atoms with E-state index in [9.17, 15) is 0 Å². The molecule has 17 heavy (non-hydrogen) atoms. The molecule has 2 rings (SSSR count). The number of hydrogen-bond acceptors (Lipinski definition) is 3. The Kier molecular flexibility index (Phi) is 4.41. The standard InChI is InChI=1S/C13H16BrN3/c14-11-3-4-13(10(8-11)9-15)17-7-5-12-2-1-6-16-12/h3-4,8,12,16-17H,1-2,5-7H2/t12-/m1/s1. The third kappa shape index (κ3) is 3.45. The molecule has 0 aliphatic carbocycles. The highest BCUT2D eigenvalue weighted by atomic mass is 79.9. The van der Waals surface area contributed by atoms with Gasteiger partial charge < -0.3 is 10.6 Å². The highest BCUT2D eigenvalue weighted by molar-refractivity contribution is 9.10. The topological polar surface area (TPSA) is 47.9 Å². The highest BCUT2D eigenvalue weighted by Gasteiger charge is 2.13. The molecule has 4 heteroatoms. The van der Waals surface area contributed by atoms with E-state index < -0.39 is 0 Å². The quantitative estimate of drug-likeness (QED) is 0.897. The van der Waals surface area contributed by atoms with E-state index >= 15 is 0 Å². The van der Waals surface area contributed by atoms with Crippen LogP contribution in [0.2, 0.25) is 0 Å². The smallest absolute Gasteiger partial charge is 0.101 e. The fraction of sp³-hybridized carbons (Fsp3) is 0.462. The molecule has 0 radical (unpaired) electrons. The molecule has 0 bridgehead atoms. The van der Waals surface area contributed by atoms with E-state index in [1.807, 2.05) is 18.2 Å². The summed E-state index contributed by atoms with van der Waals surface area (Å²) in [6, 6.07) is 8.60. The van der Waals surface area contributed by atoms with Crippen LogP contribution in [0.15, 0.2) is 22.7 Å². The van der Waals surface area contributed by atoms with Crippen molar-refractivity contribution in [3.8, 4) is 6.07 Å². The van der Waals surface area contributed by atoms with E-state index in [1.165, 1.54) is 12.8 Å². The second-order valence-electron chi connectivity index (χ2n) is 4.31. The summed E-state index contributed by atoms with van der Waals surface area (Å²) in [7, 11) is 0. The molecule has 1 atom stereocenters. The van der Waals surface area contributed by atoms with Crippen molar-refractivity contribution in [3.05, 3.63) is 28.2 Å². The van der Waals surface area contributed by atoms with Crippen LogP contribution in [-0.4, -0.2) is 19.1 Å². The lowest BCUT2D eigenvalue weighted by molar-refractivity contribution is 0.574. The molecule has 1 heterocycles. The zero-order valence-electron chi connectivity index (χ0n) is 9.67. The molecule has 1 saturated heterocycles. The van der Waals surface area contributed by atoms with E-state index in [-0.39, 0.29) is 0 Å². The van der Waals surface area contributed by atoms with Crippen molar-refractivity contribution in [1.82, 2.24) is 5.32 Å². The van der Waals surface area contributed by atoms with Crippen LogP contribution in [0.4, 0.5) is 5.69 Å². The van der Waals surface area contributed by atoms with Crippen LogP contribution in [0, 0.1) is 11.3 Å². The Bertz CT molecular complexity index is 419. The van der Waals surface area contributed by atoms with Gasteiger partial charge in [-0.2, -0.15) is 5.26 Å². The Balaban J connectivity index is 1.88. The van der Waals surface area contributed by atoms with Crippen molar-refractivity contribution in [2.45, 2.75) is 25.3 Å². The molecule has 1 fully saturated rings. The number of anilines is 1. The van der Waals surface area contributed by atoms with Crippen molar-refractivity contribution in [2.75, 3.05) is 18.4 Å². The summed E-state index contributed by atoms with van der Waals surface area (Å²) in [6.45, 7) is 2.06. The predicted octanol–water partition coefficient (Wildman–Crippen LogP) is 2.87. The van der Waals surface area contributed by atoms with Crippen LogP contribution in [0.1, 0.15) is 24.8 Å². The molecule has 0 saturated carbocycles. The number of benzene rings is 1. The maximum atomic E-state index is 9.03. The van der Waals surface area contributed by atoms with Gasteiger partial charge in [0.15, 0.2) is 0 Å². The lowest BCUT2D eigenvalue weighted by Gasteiger charge is -2.12. The van der Waals surface area contributed by atoms with Crippen LogP contribution in [-0.2, 0) is 0 Å². The zero-order chi connectivity index (χ0) is 12.1. The first-order chi connectivity index (χ1) is 8.29. The highest BCUT2D eigenvalue weighted by Crippen LogP contribution is 2.20. The molecular weight excluding hydrogens is 278 g/mol. The molecule has 1 aliphatic rings. The van der Waals surface area contributed by atoms with Gasteiger partial charge in [0.2, 0.25) is 0 Å². The van der Waals surface area contributed by atoms with Crippen molar-refractivity contribution < 1.29 is 0 Å². The lowest BCUT2D eigenvalue weighted by Crippen LogP contribution is -2.24. The molecular formula is C13H16BrN3. The van der Waals surface area contributed by atoms with Gasteiger partial charge in [0, 0.05) is 17.1 Å². The van der Waals surface area contributed by atoms with Gasteiger partial charge in [0.25, 0.3) is 0 Å². The summed E-state index contributed by atoms with van der Waals surface area (Å²) < 4.78 is 0.942. The fourth-order valence-electron chi connectivity index (χ4n) is 2.15. The van der Waals surface area contributed by atoms with Gasteiger partial charge in [-0.3, -0.25) is 0 Å². The van der Waals surface area contributed by atoms with Gasteiger partial charge in [-0.1, -0.05) is 15.9 Å². The second-order valence-corrected chi connectivity index (χ2v) is 5.23. The first-order valence-corrected chi connectivity index (χ1v) is 6.76. The molecule has 1 aliphatic heterocycles. The SMILES string of the molecule is N#Cc1cc(Br)ccc1NCC[C@H]1CCCN1. The number of nitriles is 1. The number of rotatable bonds is 4. The molecule has 0 aromatic heterocycles. The molecule has 0 unspecified atom stereocenters. The van der Waals surface area contributed by atoms with Gasteiger partial charge in [-0.15, -0.1) is 0 Å². The summed E-state index contributed by atoms with van der Waals surface area (Å²) in [4.78, 5) is 0. The molecule has 1 aromatic rings. The Morgan fingerprint density at radius 2 is 2.41 bits per heavy atom. The summed E-state index contributed by atoms with van der Waals surface area (Å²) in [5.41, 5.74) is 1.62. The van der Waals surface area contributed by atoms with E-state index in [2.05, 4.69) is 32.6 Å². The Morgan fingerprint density at radius 3 is 3.12 bits per heavy atom. The summed E-state index contributed by atoms with van der Waals surface area (Å²) in [5, 5.41) is 15.8. The van der Waals surface area contributed by atoms with Crippen molar-refractivity contribution in [2.24, 2.45) is 0 Å². The molecule has 0 amide bonds. The lowest BCUT2D eigenvalue weighted by atomic mass is 10.1. The largest absolute Gasteiger partial charge is 0.384 e.